The molecule has 29 heavy (non-hydrogen) atoms. The minimum absolute atomic E-state index is 0.124. The van der Waals surface area contributed by atoms with E-state index in [1.807, 2.05) is 18.2 Å². The average molecular weight is 413 g/mol. The fourth-order valence-electron chi connectivity index (χ4n) is 3.31. The highest BCUT2D eigenvalue weighted by atomic mass is 35.5. The molecule has 0 saturated carbocycles. The number of amidine groups is 1. The van der Waals surface area contributed by atoms with E-state index >= 15 is 0 Å². The first-order valence-corrected chi connectivity index (χ1v) is 9.68. The molecule has 2 saturated heterocycles. The quantitative estimate of drug-likeness (QED) is 0.712. The summed E-state index contributed by atoms with van der Waals surface area (Å²) >= 11 is 5.88. The number of hydrazine groups is 2. The van der Waals surface area contributed by atoms with Gasteiger partial charge < -0.3 is 0 Å². The van der Waals surface area contributed by atoms with Gasteiger partial charge in [-0.1, -0.05) is 29.8 Å². The van der Waals surface area contributed by atoms with E-state index in [2.05, 4.69) is 15.8 Å². The zero-order valence-electron chi connectivity index (χ0n) is 15.6. The van der Waals surface area contributed by atoms with Gasteiger partial charge in [-0.3, -0.25) is 30.8 Å². The van der Waals surface area contributed by atoms with Gasteiger partial charge in [-0.15, -0.1) is 0 Å². The first kappa shape index (κ1) is 19.4. The molecule has 150 valence electrons. The number of carbonyl (C=O) groups is 2. The average Bonchev–Trinajstić information content (AvgIpc) is 3.35. The molecular weight excluding hydrogens is 392 g/mol. The first-order chi connectivity index (χ1) is 13.9. The Morgan fingerprint density at radius 3 is 2.34 bits per heavy atom. The Kier molecular flexibility index (Phi) is 5.23. The lowest BCUT2D eigenvalue weighted by atomic mass is 10.2. The molecule has 2 fully saturated rings. The van der Waals surface area contributed by atoms with Crippen LogP contribution < -0.4 is 16.6 Å². The number of rotatable bonds is 3. The van der Waals surface area contributed by atoms with Crippen molar-refractivity contribution in [2.45, 2.75) is 18.6 Å². The van der Waals surface area contributed by atoms with Gasteiger partial charge in [0.2, 0.25) is 0 Å². The van der Waals surface area contributed by atoms with Crippen molar-refractivity contribution in [3.8, 4) is 0 Å². The zero-order chi connectivity index (χ0) is 20.4. The summed E-state index contributed by atoms with van der Waals surface area (Å²) in [6, 6.07) is 15.7. The second kappa shape index (κ2) is 7.82. The summed E-state index contributed by atoms with van der Waals surface area (Å²) in [6.45, 7) is 0.914. The van der Waals surface area contributed by atoms with Crippen molar-refractivity contribution in [2.75, 3.05) is 13.1 Å². The molecule has 4 rings (SSSR count). The van der Waals surface area contributed by atoms with Gasteiger partial charge >= 0.3 is 0 Å². The second-order valence-electron chi connectivity index (χ2n) is 6.99. The van der Waals surface area contributed by atoms with Gasteiger partial charge in [0.05, 0.1) is 0 Å². The van der Waals surface area contributed by atoms with Crippen molar-refractivity contribution in [1.29, 1.82) is 0 Å². The Balaban J connectivity index is 1.40. The standard InChI is InChI=1S/C20H21ClN6O2/c21-16-8-6-15(7-9-16)19(29)27-13-11-20(22,25-27)23-17-10-12-26(24-17)18(28)14-4-2-1-3-5-14/h1-9,25H,10-13,22H2,(H,23,24). The highest BCUT2D eigenvalue weighted by Crippen LogP contribution is 2.19. The lowest BCUT2D eigenvalue weighted by Gasteiger charge is -2.23. The third-order valence-corrected chi connectivity index (χ3v) is 5.07. The predicted molar refractivity (Wildman–Crippen MR) is 110 cm³/mol. The number of carbonyl (C=O) groups excluding carboxylic acids is 2. The minimum atomic E-state index is -1.11. The van der Waals surface area contributed by atoms with Crippen LogP contribution in [0.1, 0.15) is 33.6 Å². The Morgan fingerprint density at radius 2 is 1.62 bits per heavy atom. The SMILES string of the molecule is NC1(N=C2CCN(C(=O)c3ccccc3)N2)CCN(C(=O)c2ccc(Cl)cc2)N1. The van der Waals surface area contributed by atoms with Crippen molar-refractivity contribution < 1.29 is 9.59 Å². The number of hydrogen-bond acceptors (Lipinski definition) is 5. The number of hydrogen-bond donors (Lipinski definition) is 3. The molecule has 2 aliphatic heterocycles. The number of nitrogens with one attached hydrogen (secondary N) is 2. The molecule has 0 bridgehead atoms. The van der Waals surface area contributed by atoms with Gasteiger partial charge in [0.15, 0.2) is 5.79 Å². The monoisotopic (exact) mass is 412 g/mol. The van der Waals surface area contributed by atoms with E-state index in [-0.39, 0.29) is 11.8 Å². The number of amides is 2. The summed E-state index contributed by atoms with van der Waals surface area (Å²) in [5, 5.41) is 3.54. The van der Waals surface area contributed by atoms with Crippen LogP contribution in [-0.2, 0) is 0 Å². The summed E-state index contributed by atoms with van der Waals surface area (Å²) in [5.74, 6) is -0.837. The van der Waals surface area contributed by atoms with Crippen LogP contribution in [-0.4, -0.2) is 46.5 Å². The fourth-order valence-corrected chi connectivity index (χ4v) is 3.43. The van der Waals surface area contributed by atoms with E-state index in [0.29, 0.717) is 47.9 Å². The van der Waals surface area contributed by atoms with E-state index in [1.165, 1.54) is 10.0 Å². The predicted octanol–water partition coefficient (Wildman–Crippen LogP) is 1.75. The van der Waals surface area contributed by atoms with Crippen LogP contribution in [0.5, 0.6) is 0 Å². The third-order valence-electron chi connectivity index (χ3n) is 4.82. The Hall–Kier alpha value is -2.94. The Labute approximate surface area is 173 Å². The highest BCUT2D eigenvalue weighted by Gasteiger charge is 2.37. The maximum Gasteiger partial charge on any atom is 0.272 e. The van der Waals surface area contributed by atoms with E-state index in [0.717, 1.165) is 0 Å². The lowest BCUT2D eigenvalue weighted by Crippen LogP contribution is -2.54. The maximum absolute atomic E-state index is 12.6. The molecule has 2 aromatic rings. The number of nitrogens with zero attached hydrogens (tertiary/aromatic N) is 3. The van der Waals surface area contributed by atoms with Gasteiger partial charge in [0, 0.05) is 42.1 Å². The fraction of sp³-hybridized carbons (Fsp3) is 0.250. The van der Waals surface area contributed by atoms with Crippen LogP contribution >= 0.6 is 11.6 Å². The third kappa shape index (κ3) is 4.24. The number of aliphatic imine (C=N–C) groups is 1. The summed E-state index contributed by atoms with van der Waals surface area (Å²) in [7, 11) is 0. The van der Waals surface area contributed by atoms with Crippen molar-refractivity contribution in [3.63, 3.8) is 0 Å². The normalized spacial score (nSPS) is 22.8. The van der Waals surface area contributed by atoms with E-state index in [9.17, 15) is 9.59 Å². The summed E-state index contributed by atoms with van der Waals surface area (Å²) < 4.78 is 0. The molecule has 0 aromatic heterocycles. The van der Waals surface area contributed by atoms with Crippen molar-refractivity contribution in [1.82, 2.24) is 20.9 Å². The lowest BCUT2D eigenvalue weighted by molar-refractivity contribution is 0.0687. The summed E-state index contributed by atoms with van der Waals surface area (Å²) in [6.07, 6.45) is 1.01. The van der Waals surface area contributed by atoms with Crippen molar-refractivity contribution in [3.05, 3.63) is 70.7 Å². The zero-order valence-corrected chi connectivity index (χ0v) is 16.4. The van der Waals surface area contributed by atoms with Crippen molar-refractivity contribution in [2.24, 2.45) is 10.7 Å². The van der Waals surface area contributed by atoms with Crippen LogP contribution in [0.25, 0.3) is 0 Å². The van der Waals surface area contributed by atoms with Gasteiger partial charge in [0.1, 0.15) is 5.84 Å². The molecule has 9 heteroatoms. The smallest absolute Gasteiger partial charge is 0.272 e. The molecular formula is C20H21ClN6O2. The van der Waals surface area contributed by atoms with Crippen molar-refractivity contribution >= 4 is 29.3 Å². The van der Waals surface area contributed by atoms with Gasteiger partial charge in [0.25, 0.3) is 11.8 Å². The van der Waals surface area contributed by atoms with Crippen LogP contribution in [0.2, 0.25) is 5.02 Å². The number of halogens is 1. The van der Waals surface area contributed by atoms with Crippen LogP contribution in [0.15, 0.2) is 59.6 Å². The largest absolute Gasteiger partial charge is 0.293 e. The van der Waals surface area contributed by atoms with Gasteiger partial charge in [-0.25, -0.2) is 4.99 Å². The molecule has 2 heterocycles. The molecule has 2 amide bonds. The molecule has 8 nitrogen and oxygen atoms in total. The van der Waals surface area contributed by atoms with Gasteiger partial charge in [-0.2, -0.15) is 5.43 Å². The Morgan fingerprint density at radius 1 is 0.966 bits per heavy atom. The van der Waals surface area contributed by atoms with Crippen LogP contribution in [0.3, 0.4) is 0 Å². The molecule has 1 unspecified atom stereocenters. The summed E-state index contributed by atoms with van der Waals surface area (Å²) in [5.41, 5.74) is 13.5. The van der Waals surface area contributed by atoms with E-state index in [4.69, 9.17) is 17.3 Å². The Bertz CT molecular complexity index is 949. The molecule has 4 N–H and O–H groups in total. The van der Waals surface area contributed by atoms with E-state index in [1.54, 1.807) is 36.4 Å². The second-order valence-corrected chi connectivity index (χ2v) is 7.43. The highest BCUT2D eigenvalue weighted by molar-refractivity contribution is 6.30. The minimum Gasteiger partial charge on any atom is -0.293 e. The van der Waals surface area contributed by atoms with E-state index < -0.39 is 5.79 Å². The first-order valence-electron chi connectivity index (χ1n) is 9.30. The summed E-state index contributed by atoms with van der Waals surface area (Å²) in [4.78, 5) is 29.7. The molecule has 2 aromatic carbocycles. The van der Waals surface area contributed by atoms with Crippen LogP contribution in [0.4, 0.5) is 0 Å². The molecule has 2 aliphatic rings. The molecule has 0 aliphatic carbocycles. The van der Waals surface area contributed by atoms with Crippen LogP contribution in [0, 0.1) is 0 Å². The molecule has 0 radical (unpaired) electrons. The topological polar surface area (TPSA) is 103 Å². The molecule has 0 spiro atoms. The number of benzene rings is 2. The van der Waals surface area contributed by atoms with Gasteiger partial charge in [-0.05, 0) is 36.4 Å². The number of nitrogens with two attached hydrogens (primary N) is 1. The maximum atomic E-state index is 12.6. The molecule has 1 atom stereocenters.